The van der Waals surface area contributed by atoms with Crippen LogP contribution in [0.3, 0.4) is 0 Å². The molecule has 4 heterocycles. The lowest BCUT2D eigenvalue weighted by molar-refractivity contribution is 0.513. The Balaban J connectivity index is 1.09. The van der Waals surface area contributed by atoms with Crippen LogP contribution in [0.2, 0.25) is 0 Å². The summed E-state index contributed by atoms with van der Waals surface area (Å²) in [7, 11) is 0. The molecular formula is C49H29N3O3. The Bertz CT molecular complexity index is 3380. The van der Waals surface area contributed by atoms with Gasteiger partial charge in [-0.3, -0.25) is 0 Å². The zero-order valence-corrected chi connectivity index (χ0v) is 29.4. The third kappa shape index (κ3) is 4.58. The number of benzene rings is 7. The maximum absolute atomic E-state index is 6.83. The van der Waals surface area contributed by atoms with E-state index in [1.54, 1.807) is 0 Å². The standard InChI is InChI=1S/C49H29N3O3/c1-2-12-29-27-30(24-23-28(29)11-1)47-50-48(52-49(51-47)39-19-10-17-34-32-14-4-7-21-41(32)54-45(34)39)38-26-25-36(46-43(38)37-15-5-8-22-42(37)55-46)35-18-9-16-33-31-13-3-6-20-40(31)53-44(33)35/h1-24,26-27,36H,25H2. The Hall–Kier alpha value is -7.31. The summed E-state index contributed by atoms with van der Waals surface area (Å²) < 4.78 is 19.9. The number of fused-ring (bicyclic) bond motifs is 10. The van der Waals surface area contributed by atoms with Crippen LogP contribution in [0.4, 0.5) is 0 Å². The summed E-state index contributed by atoms with van der Waals surface area (Å²) in [6, 6.07) is 51.9. The second-order valence-corrected chi connectivity index (χ2v) is 14.2. The Morgan fingerprint density at radius 2 is 1.05 bits per heavy atom. The van der Waals surface area contributed by atoms with E-state index in [2.05, 4.69) is 103 Å². The monoisotopic (exact) mass is 707 g/mol. The predicted molar refractivity (Wildman–Crippen MR) is 219 cm³/mol. The molecule has 6 heteroatoms. The number of allylic oxidation sites excluding steroid dienone is 1. The summed E-state index contributed by atoms with van der Waals surface area (Å²) >= 11 is 0. The molecule has 0 aliphatic heterocycles. The van der Waals surface area contributed by atoms with E-state index in [1.807, 2.05) is 54.6 Å². The van der Waals surface area contributed by atoms with Gasteiger partial charge in [-0.15, -0.1) is 0 Å². The van der Waals surface area contributed by atoms with Crippen LogP contribution in [-0.4, -0.2) is 15.0 Å². The van der Waals surface area contributed by atoms with Crippen LogP contribution in [0, 0.1) is 0 Å². The molecule has 1 aliphatic rings. The molecule has 4 aromatic heterocycles. The molecule has 0 fully saturated rings. The highest BCUT2D eigenvalue weighted by atomic mass is 16.3. The molecule has 0 saturated carbocycles. The van der Waals surface area contributed by atoms with Gasteiger partial charge in [-0.05, 0) is 47.5 Å². The van der Waals surface area contributed by atoms with Gasteiger partial charge in [0.15, 0.2) is 17.5 Å². The van der Waals surface area contributed by atoms with Crippen molar-refractivity contribution in [3.05, 3.63) is 180 Å². The molecule has 0 N–H and O–H groups in total. The summed E-state index contributed by atoms with van der Waals surface area (Å²) in [6.07, 6.45) is 2.94. The molecule has 0 amide bonds. The number of hydrogen-bond acceptors (Lipinski definition) is 6. The molecule has 7 aromatic carbocycles. The van der Waals surface area contributed by atoms with Crippen LogP contribution in [0.5, 0.6) is 0 Å². The molecule has 6 nitrogen and oxygen atoms in total. The molecule has 1 unspecified atom stereocenters. The molecule has 55 heavy (non-hydrogen) atoms. The maximum atomic E-state index is 6.83. The van der Waals surface area contributed by atoms with E-state index in [1.165, 1.54) is 0 Å². The molecule has 258 valence electrons. The molecule has 1 atom stereocenters. The Morgan fingerprint density at radius 1 is 0.455 bits per heavy atom. The van der Waals surface area contributed by atoms with Crippen molar-refractivity contribution in [2.45, 2.75) is 12.3 Å². The first-order chi connectivity index (χ1) is 27.2. The summed E-state index contributed by atoms with van der Waals surface area (Å²) in [4.78, 5) is 15.7. The number of hydrogen-bond donors (Lipinski definition) is 0. The van der Waals surface area contributed by atoms with Crippen LogP contribution in [0.15, 0.2) is 171 Å². The molecule has 1 aliphatic carbocycles. The summed E-state index contributed by atoms with van der Waals surface area (Å²) in [6.45, 7) is 0. The normalized spacial score (nSPS) is 14.4. The topological polar surface area (TPSA) is 78.1 Å². The van der Waals surface area contributed by atoms with Gasteiger partial charge in [0.1, 0.15) is 33.7 Å². The molecule has 0 spiro atoms. The van der Waals surface area contributed by atoms with Crippen LogP contribution in [0.1, 0.15) is 35.1 Å². The molecule has 11 aromatic rings. The number of para-hydroxylation sites is 5. The van der Waals surface area contributed by atoms with Crippen molar-refractivity contribution in [2.75, 3.05) is 0 Å². The van der Waals surface area contributed by atoms with Crippen LogP contribution in [-0.2, 0) is 0 Å². The summed E-state index contributed by atoms with van der Waals surface area (Å²) in [5, 5.41) is 7.56. The highest BCUT2D eigenvalue weighted by Crippen LogP contribution is 2.48. The van der Waals surface area contributed by atoms with E-state index in [-0.39, 0.29) is 5.92 Å². The minimum Gasteiger partial charge on any atom is -0.460 e. The van der Waals surface area contributed by atoms with E-state index in [0.29, 0.717) is 23.9 Å². The smallest absolute Gasteiger partial charge is 0.167 e. The van der Waals surface area contributed by atoms with E-state index in [4.69, 9.17) is 28.2 Å². The fourth-order valence-corrected chi connectivity index (χ4v) is 8.54. The SMILES string of the molecule is C1=C(c2nc(-c3ccc4ccccc4c3)nc(-c3cccc4c3oc3ccccc34)n2)c2c(oc3ccccc23)C(c2cccc3c2oc2ccccc23)C1. The quantitative estimate of drug-likeness (QED) is 0.181. The van der Waals surface area contributed by atoms with Gasteiger partial charge in [0.05, 0.1) is 5.56 Å². The van der Waals surface area contributed by atoms with Gasteiger partial charge in [0, 0.05) is 55.1 Å². The van der Waals surface area contributed by atoms with Crippen molar-refractivity contribution in [1.82, 2.24) is 15.0 Å². The van der Waals surface area contributed by atoms with Crippen LogP contribution in [0.25, 0.3) is 94.0 Å². The minimum absolute atomic E-state index is 0.0824. The molecule has 12 rings (SSSR count). The first kappa shape index (κ1) is 30.2. The van der Waals surface area contributed by atoms with Crippen molar-refractivity contribution in [1.29, 1.82) is 0 Å². The van der Waals surface area contributed by atoms with Crippen molar-refractivity contribution in [3.63, 3.8) is 0 Å². The fourth-order valence-electron chi connectivity index (χ4n) is 8.54. The van der Waals surface area contributed by atoms with Crippen molar-refractivity contribution in [3.8, 4) is 22.8 Å². The second-order valence-electron chi connectivity index (χ2n) is 14.2. The van der Waals surface area contributed by atoms with E-state index < -0.39 is 0 Å². The second kappa shape index (κ2) is 11.6. The van der Waals surface area contributed by atoms with Crippen molar-refractivity contribution in [2.24, 2.45) is 0 Å². The molecule has 0 saturated heterocycles. The summed E-state index contributed by atoms with van der Waals surface area (Å²) in [5.41, 5.74) is 8.86. The van der Waals surface area contributed by atoms with Gasteiger partial charge in [-0.2, -0.15) is 0 Å². The Labute approximate surface area is 314 Å². The zero-order chi connectivity index (χ0) is 36.0. The first-order valence-electron chi connectivity index (χ1n) is 18.5. The summed E-state index contributed by atoms with van der Waals surface area (Å²) in [5.74, 6) is 2.50. The zero-order valence-electron chi connectivity index (χ0n) is 29.4. The fraction of sp³-hybridized carbons (Fsp3) is 0.0408. The molecule has 0 radical (unpaired) electrons. The van der Waals surface area contributed by atoms with Gasteiger partial charge in [-0.25, -0.2) is 15.0 Å². The Kier molecular flexibility index (Phi) is 6.36. The number of furan rings is 3. The van der Waals surface area contributed by atoms with E-state index in [9.17, 15) is 0 Å². The van der Waals surface area contributed by atoms with E-state index >= 15 is 0 Å². The van der Waals surface area contributed by atoms with Crippen LogP contribution < -0.4 is 0 Å². The average Bonchev–Trinajstić information content (AvgIpc) is 3.95. The maximum Gasteiger partial charge on any atom is 0.167 e. The van der Waals surface area contributed by atoms with Gasteiger partial charge >= 0.3 is 0 Å². The third-order valence-electron chi connectivity index (χ3n) is 11.1. The number of nitrogens with zero attached hydrogens (tertiary/aromatic N) is 3. The first-order valence-corrected chi connectivity index (χ1v) is 18.5. The third-order valence-corrected chi connectivity index (χ3v) is 11.1. The molecular weight excluding hydrogens is 679 g/mol. The minimum atomic E-state index is -0.0824. The highest BCUT2D eigenvalue weighted by Gasteiger charge is 2.33. The largest absolute Gasteiger partial charge is 0.460 e. The van der Waals surface area contributed by atoms with E-state index in [0.717, 1.165) is 99.2 Å². The highest BCUT2D eigenvalue weighted by molar-refractivity contribution is 6.09. The lowest BCUT2D eigenvalue weighted by Gasteiger charge is -2.22. The predicted octanol–water partition coefficient (Wildman–Crippen LogP) is 12.9. The van der Waals surface area contributed by atoms with Gasteiger partial charge < -0.3 is 13.3 Å². The lowest BCUT2D eigenvalue weighted by atomic mass is 9.82. The number of aromatic nitrogens is 3. The van der Waals surface area contributed by atoms with Gasteiger partial charge in [-0.1, -0.05) is 127 Å². The van der Waals surface area contributed by atoms with Gasteiger partial charge in [0.2, 0.25) is 0 Å². The molecule has 0 bridgehead atoms. The Morgan fingerprint density at radius 3 is 1.85 bits per heavy atom. The van der Waals surface area contributed by atoms with Crippen molar-refractivity contribution >= 4 is 71.2 Å². The number of rotatable bonds is 4. The van der Waals surface area contributed by atoms with Crippen LogP contribution >= 0.6 is 0 Å². The van der Waals surface area contributed by atoms with Crippen molar-refractivity contribution < 1.29 is 13.3 Å². The van der Waals surface area contributed by atoms with Gasteiger partial charge in [0.25, 0.3) is 0 Å². The average molecular weight is 708 g/mol. The lowest BCUT2D eigenvalue weighted by Crippen LogP contribution is -2.11.